The number of rotatable bonds is 7. The van der Waals surface area contributed by atoms with Crippen molar-refractivity contribution >= 4 is 23.1 Å². The van der Waals surface area contributed by atoms with Gasteiger partial charge in [-0.3, -0.25) is 14.5 Å². The number of benzene rings is 3. The number of nitrogens with zero attached hydrogens (tertiary/aromatic N) is 1. The van der Waals surface area contributed by atoms with Gasteiger partial charge in [0.2, 0.25) is 0 Å². The van der Waals surface area contributed by atoms with Crippen molar-refractivity contribution in [1.82, 2.24) is 0 Å². The minimum absolute atomic E-state index is 0.0104. The molecule has 0 spiro atoms. The molecule has 1 saturated heterocycles. The maximum Gasteiger partial charge on any atom is 0.573 e. The number of carbonyl (C=O) groups excluding carboxylic acids is 2. The lowest BCUT2D eigenvalue weighted by Crippen LogP contribution is -2.29. The van der Waals surface area contributed by atoms with Crippen molar-refractivity contribution in [2.45, 2.75) is 32.7 Å². The normalized spacial score (nSPS) is 17.2. The summed E-state index contributed by atoms with van der Waals surface area (Å²) in [4.78, 5) is 27.5. The van der Waals surface area contributed by atoms with Crippen LogP contribution < -0.4 is 14.4 Å². The molecule has 1 N–H and O–H groups in total. The van der Waals surface area contributed by atoms with Crippen LogP contribution in [0.4, 0.5) is 18.9 Å². The van der Waals surface area contributed by atoms with Gasteiger partial charge in [-0.1, -0.05) is 43.3 Å². The third-order valence-electron chi connectivity index (χ3n) is 5.80. The number of halogens is 3. The van der Waals surface area contributed by atoms with Crippen LogP contribution in [0.2, 0.25) is 0 Å². The van der Waals surface area contributed by atoms with Crippen molar-refractivity contribution in [1.29, 1.82) is 0 Å². The average molecular weight is 511 g/mol. The summed E-state index contributed by atoms with van der Waals surface area (Å²) in [5.41, 5.74) is 1.34. The molecule has 9 heteroatoms. The summed E-state index contributed by atoms with van der Waals surface area (Å²) in [5, 5.41) is 11.3. The van der Waals surface area contributed by atoms with Crippen LogP contribution in [0.15, 0.2) is 78.4 Å². The van der Waals surface area contributed by atoms with Crippen molar-refractivity contribution in [3.63, 3.8) is 0 Å². The summed E-state index contributed by atoms with van der Waals surface area (Å²) in [5.74, 6) is -2.27. The van der Waals surface area contributed by atoms with Gasteiger partial charge in [0.15, 0.2) is 0 Å². The Kier molecular flexibility index (Phi) is 7.24. The Hall–Kier alpha value is -4.27. The molecule has 1 fully saturated rings. The van der Waals surface area contributed by atoms with Crippen molar-refractivity contribution < 1.29 is 37.3 Å². The molecule has 1 amide bonds. The topological polar surface area (TPSA) is 76.1 Å². The first-order valence-corrected chi connectivity index (χ1v) is 11.6. The standard InChI is InChI=1S/C28H24F3NO5/c1-3-14-36-22-13-12-19(15-17(22)2)25(33)23-24(18-8-5-4-6-9-18)32(27(35)26(23)34)20-10-7-11-21(16-20)37-28(29,30)31/h4-13,15-16,24,33H,3,14H2,1-2H3/b25-23+. The van der Waals surface area contributed by atoms with Crippen LogP contribution in [0.1, 0.15) is 36.1 Å². The number of hydrogen-bond acceptors (Lipinski definition) is 5. The van der Waals surface area contributed by atoms with E-state index in [1.54, 1.807) is 55.5 Å². The number of aliphatic hydroxyl groups excluding tert-OH is 1. The van der Waals surface area contributed by atoms with Crippen LogP contribution in [0, 0.1) is 6.92 Å². The quantitative estimate of drug-likeness (QED) is 0.229. The first-order valence-electron chi connectivity index (χ1n) is 11.6. The van der Waals surface area contributed by atoms with Gasteiger partial charge in [-0.15, -0.1) is 13.2 Å². The highest BCUT2D eigenvalue weighted by molar-refractivity contribution is 6.51. The van der Waals surface area contributed by atoms with Crippen LogP contribution in [0.3, 0.4) is 0 Å². The summed E-state index contributed by atoms with van der Waals surface area (Å²) in [6.45, 7) is 4.28. The second-order valence-corrected chi connectivity index (χ2v) is 8.45. The van der Waals surface area contributed by atoms with Gasteiger partial charge >= 0.3 is 6.36 Å². The lowest BCUT2D eigenvalue weighted by atomic mass is 9.94. The average Bonchev–Trinajstić information content (AvgIpc) is 3.13. The SMILES string of the molecule is CCCOc1ccc(/C(O)=C2\C(=O)C(=O)N(c3cccc(OC(F)(F)F)c3)C2c2ccccc2)cc1C. The summed E-state index contributed by atoms with van der Waals surface area (Å²) >= 11 is 0. The number of Topliss-reactive ketones (excluding diaryl/α,β-unsaturated/α-hetero) is 1. The largest absolute Gasteiger partial charge is 0.573 e. The molecule has 1 aliphatic heterocycles. The first-order chi connectivity index (χ1) is 17.6. The van der Waals surface area contributed by atoms with Crippen LogP contribution in [0.25, 0.3) is 5.76 Å². The van der Waals surface area contributed by atoms with Crippen molar-refractivity contribution in [3.8, 4) is 11.5 Å². The predicted octanol–water partition coefficient (Wildman–Crippen LogP) is 6.31. The molecular formula is C28H24F3NO5. The molecule has 6 nitrogen and oxygen atoms in total. The minimum atomic E-state index is -4.93. The molecule has 3 aromatic rings. The third kappa shape index (κ3) is 5.45. The van der Waals surface area contributed by atoms with E-state index in [-0.39, 0.29) is 11.3 Å². The molecule has 0 bridgehead atoms. The van der Waals surface area contributed by atoms with Gasteiger partial charge in [-0.25, -0.2) is 0 Å². The van der Waals surface area contributed by atoms with Crippen LogP contribution in [0.5, 0.6) is 11.5 Å². The molecule has 1 atom stereocenters. The van der Waals surface area contributed by atoms with E-state index in [1.807, 2.05) is 6.92 Å². The predicted molar refractivity (Wildman–Crippen MR) is 131 cm³/mol. The molecule has 0 aromatic heterocycles. The molecule has 3 aromatic carbocycles. The number of carbonyl (C=O) groups is 2. The zero-order valence-corrected chi connectivity index (χ0v) is 20.1. The van der Waals surface area contributed by atoms with Gasteiger partial charge < -0.3 is 14.6 Å². The van der Waals surface area contributed by atoms with Gasteiger partial charge in [-0.05, 0) is 54.8 Å². The maximum atomic E-state index is 13.2. The number of ether oxygens (including phenoxy) is 2. The van der Waals surface area contributed by atoms with Crippen molar-refractivity contribution in [2.75, 3.05) is 11.5 Å². The van der Waals surface area contributed by atoms with E-state index in [1.165, 1.54) is 12.1 Å². The number of aryl methyl sites for hydroxylation is 1. The Labute approximate surface area is 211 Å². The Morgan fingerprint density at radius 1 is 1.00 bits per heavy atom. The van der Waals surface area contributed by atoms with Crippen molar-refractivity contribution in [2.24, 2.45) is 0 Å². The molecule has 0 saturated carbocycles. The van der Waals surface area contributed by atoms with Gasteiger partial charge in [0.1, 0.15) is 17.3 Å². The van der Waals surface area contributed by atoms with Gasteiger partial charge in [0, 0.05) is 17.3 Å². The zero-order valence-electron chi connectivity index (χ0n) is 20.1. The summed E-state index contributed by atoms with van der Waals surface area (Å²) in [6.07, 6.45) is -4.12. The van der Waals surface area contributed by atoms with Gasteiger partial charge in [0.25, 0.3) is 11.7 Å². The zero-order chi connectivity index (χ0) is 26.7. The molecule has 37 heavy (non-hydrogen) atoms. The van der Waals surface area contributed by atoms with E-state index < -0.39 is 35.6 Å². The molecule has 4 rings (SSSR count). The van der Waals surface area contributed by atoms with E-state index in [2.05, 4.69) is 4.74 Å². The second kappa shape index (κ2) is 10.4. The Bertz CT molecular complexity index is 1350. The number of aliphatic hydroxyl groups is 1. The first kappa shape index (κ1) is 25.8. The summed E-state index contributed by atoms with van der Waals surface area (Å²) in [7, 11) is 0. The Morgan fingerprint density at radius 3 is 2.38 bits per heavy atom. The highest BCUT2D eigenvalue weighted by Gasteiger charge is 2.47. The lowest BCUT2D eigenvalue weighted by molar-refractivity contribution is -0.274. The molecule has 1 heterocycles. The highest BCUT2D eigenvalue weighted by atomic mass is 19.4. The summed E-state index contributed by atoms with van der Waals surface area (Å²) < 4.78 is 48.1. The maximum absolute atomic E-state index is 13.2. The fraction of sp³-hybridized carbons (Fsp3) is 0.214. The number of hydrogen-bond donors (Lipinski definition) is 1. The van der Waals surface area contributed by atoms with Crippen LogP contribution in [-0.4, -0.2) is 29.8 Å². The van der Waals surface area contributed by atoms with E-state index in [0.29, 0.717) is 23.5 Å². The molecule has 192 valence electrons. The minimum Gasteiger partial charge on any atom is -0.507 e. The number of ketones is 1. The smallest absolute Gasteiger partial charge is 0.507 e. The van der Waals surface area contributed by atoms with Gasteiger partial charge in [0.05, 0.1) is 18.2 Å². The van der Waals surface area contributed by atoms with E-state index >= 15 is 0 Å². The number of anilines is 1. The van der Waals surface area contributed by atoms with Crippen molar-refractivity contribution in [3.05, 3.63) is 95.1 Å². The summed E-state index contributed by atoms with van der Waals surface area (Å²) in [6, 6.07) is 17.1. The number of alkyl halides is 3. The van der Waals surface area contributed by atoms with Crippen LogP contribution >= 0.6 is 0 Å². The third-order valence-corrected chi connectivity index (χ3v) is 5.80. The fourth-order valence-electron chi connectivity index (χ4n) is 4.21. The fourth-order valence-corrected chi connectivity index (χ4v) is 4.21. The molecule has 1 aliphatic rings. The highest BCUT2D eigenvalue weighted by Crippen LogP contribution is 2.43. The number of amides is 1. The molecular weight excluding hydrogens is 487 g/mol. The van der Waals surface area contributed by atoms with E-state index in [4.69, 9.17) is 4.74 Å². The Morgan fingerprint density at radius 2 is 1.73 bits per heavy atom. The van der Waals surface area contributed by atoms with E-state index in [0.717, 1.165) is 29.0 Å². The van der Waals surface area contributed by atoms with Crippen LogP contribution in [-0.2, 0) is 9.59 Å². The monoisotopic (exact) mass is 511 g/mol. The lowest BCUT2D eigenvalue weighted by Gasteiger charge is -2.26. The molecule has 0 aliphatic carbocycles. The second-order valence-electron chi connectivity index (χ2n) is 8.45. The van der Waals surface area contributed by atoms with E-state index in [9.17, 15) is 27.9 Å². The molecule has 0 radical (unpaired) electrons. The van der Waals surface area contributed by atoms with Gasteiger partial charge in [-0.2, -0.15) is 0 Å². The Balaban J connectivity index is 1.84. The molecule has 1 unspecified atom stereocenters.